The number of phenolic OH excluding ortho intramolecular Hbond substituents is 1. The molecule has 0 amide bonds. The van der Waals surface area contributed by atoms with E-state index in [1.807, 2.05) is 12.1 Å². The second-order valence-corrected chi connectivity index (χ2v) is 6.76. The number of phenols is 1. The highest BCUT2D eigenvalue weighted by molar-refractivity contribution is 9.10. The normalized spacial score (nSPS) is 14.2. The maximum absolute atomic E-state index is 10.0. The minimum atomic E-state index is 0.168. The Kier molecular flexibility index (Phi) is 5.64. The van der Waals surface area contributed by atoms with Crippen molar-refractivity contribution in [3.8, 4) is 5.75 Å². The minimum absolute atomic E-state index is 0.168. The van der Waals surface area contributed by atoms with E-state index >= 15 is 0 Å². The van der Waals surface area contributed by atoms with Crippen molar-refractivity contribution < 1.29 is 5.11 Å². The van der Waals surface area contributed by atoms with Crippen molar-refractivity contribution in [2.75, 3.05) is 0 Å². The lowest BCUT2D eigenvalue weighted by atomic mass is 10.0. The summed E-state index contributed by atoms with van der Waals surface area (Å²) in [5, 5.41) is 18.0. The Morgan fingerprint density at radius 2 is 2.15 bits per heavy atom. The zero-order chi connectivity index (χ0) is 14.5. The van der Waals surface area contributed by atoms with Gasteiger partial charge in [-0.1, -0.05) is 22.9 Å². The first-order chi connectivity index (χ1) is 9.60. The average molecular weight is 354 g/mol. The molecule has 0 spiro atoms. The van der Waals surface area contributed by atoms with Crippen molar-refractivity contribution in [3.63, 3.8) is 0 Å². The van der Waals surface area contributed by atoms with Gasteiger partial charge in [0.25, 0.3) is 0 Å². The van der Waals surface area contributed by atoms with Gasteiger partial charge in [0.05, 0.1) is 0 Å². The number of thiophene rings is 1. The summed E-state index contributed by atoms with van der Waals surface area (Å²) in [5.74, 6) is 0.357. The fraction of sp³-hybridized carbons (Fsp3) is 0.375. The predicted molar refractivity (Wildman–Crippen MR) is 89.5 cm³/mol. The van der Waals surface area contributed by atoms with Crippen LogP contribution in [0, 0.1) is 0 Å². The van der Waals surface area contributed by atoms with Gasteiger partial charge >= 0.3 is 0 Å². The number of hydrogen-bond acceptors (Lipinski definition) is 3. The van der Waals surface area contributed by atoms with Crippen LogP contribution in [-0.2, 0) is 6.42 Å². The van der Waals surface area contributed by atoms with E-state index in [0.717, 1.165) is 22.9 Å². The molecule has 0 aliphatic heterocycles. The van der Waals surface area contributed by atoms with Crippen LogP contribution in [0.2, 0.25) is 0 Å². The number of benzene rings is 1. The lowest BCUT2D eigenvalue weighted by Crippen LogP contribution is -2.31. The van der Waals surface area contributed by atoms with E-state index in [2.05, 4.69) is 51.9 Å². The monoisotopic (exact) mass is 353 g/mol. The molecule has 0 aliphatic carbocycles. The van der Waals surface area contributed by atoms with Crippen molar-refractivity contribution in [1.29, 1.82) is 0 Å². The van der Waals surface area contributed by atoms with Crippen molar-refractivity contribution in [3.05, 3.63) is 50.6 Å². The number of rotatable bonds is 6. The molecule has 2 N–H and O–H groups in total. The Bertz CT molecular complexity index is 541. The molecule has 2 nitrogen and oxygen atoms in total. The van der Waals surface area contributed by atoms with Crippen LogP contribution in [-0.4, -0.2) is 11.1 Å². The van der Waals surface area contributed by atoms with Crippen LogP contribution in [0.15, 0.2) is 39.5 Å². The Morgan fingerprint density at radius 1 is 1.35 bits per heavy atom. The first-order valence-electron chi connectivity index (χ1n) is 6.85. The van der Waals surface area contributed by atoms with Gasteiger partial charge in [-0.3, -0.25) is 0 Å². The van der Waals surface area contributed by atoms with Crippen LogP contribution in [0.25, 0.3) is 0 Å². The quantitative estimate of drug-likeness (QED) is 0.774. The van der Waals surface area contributed by atoms with Crippen molar-refractivity contribution in [1.82, 2.24) is 5.32 Å². The van der Waals surface area contributed by atoms with E-state index in [-0.39, 0.29) is 6.04 Å². The van der Waals surface area contributed by atoms with E-state index in [4.69, 9.17) is 0 Å². The zero-order valence-corrected chi connectivity index (χ0v) is 14.2. The molecule has 0 saturated carbocycles. The molecule has 1 heterocycles. The molecule has 0 aliphatic rings. The Hall–Kier alpha value is -0.840. The summed E-state index contributed by atoms with van der Waals surface area (Å²) in [6.07, 6.45) is 1.95. The summed E-state index contributed by atoms with van der Waals surface area (Å²) in [5.41, 5.74) is 2.32. The lowest BCUT2D eigenvalue weighted by Gasteiger charge is -2.23. The van der Waals surface area contributed by atoms with Gasteiger partial charge in [0, 0.05) is 22.1 Å². The standard InChI is InChI=1S/C16H20BrNOS/c1-3-15(14-9-13(17)4-5-16(14)19)18-11(2)8-12-6-7-20-10-12/h4-7,9-11,15,18-19H,3,8H2,1-2H3. The number of aromatic hydroxyl groups is 1. The molecule has 0 bridgehead atoms. The van der Waals surface area contributed by atoms with E-state index in [1.54, 1.807) is 17.4 Å². The highest BCUT2D eigenvalue weighted by Crippen LogP contribution is 2.29. The lowest BCUT2D eigenvalue weighted by molar-refractivity contribution is 0.413. The van der Waals surface area contributed by atoms with Crippen molar-refractivity contribution >= 4 is 27.3 Å². The van der Waals surface area contributed by atoms with Crippen LogP contribution in [0.3, 0.4) is 0 Å². The molecule has 108 valence electrons. The van der Waals surface area contributed by atoms with Crippen LogP contribution in [0.4, 0.5) is 0 Å². The molecule has 4 heteroatoms. The third-order valence-corrected chi connectivity index (χ3v) is 4.61. The maximum Gasteiger partial charge on any atom is 0.120 e. The molecular weight excluding hydrogens is 334 g/mol. The fourth-order valence-corrected chi connectivity index (χ4v) is 3.46. The van der Waals surface area contributed by atoms with Gasteiger partial charge in [-0.05, 0) is 60.4 Å². The topological polar surface area (TPSA) is 32.3 Å². The summed E-state index contributed by atoms with van der Waals surface area (Å²) in [7, 11) is 0. The van der Waals surface area contributed by atoms with Gasteiger partial charge in [-0.25, -0.2) is 0 Å². The number of halogens is 1. The Balaban J connectivity index is 2.06. The molecule has 2 atom stereocenters. The van der Waals surface area contributed by atoms with Crippen LogP contribution < -0.4 is 5.32 Å². The third kappa shape index (κ3) is 4.08. The molecule has 0 radical (unpaired) electrons. The maximum atomic E-state index is 10.0. The molecule has 0 saturated heterocycles. The summed E-state index contributed by atoms with van der Waals surface area (Å²) in [4.78, 5) is 0. The summed E-state index contributed by atoms with van der Waals surface area (Å²) in [6.45, 7) is 4.32. The molecule has 20 heavy (non-hydrogen) atoms. The average Bonchev–Trinajstić information content (AvgIpc) is 2.92. The van der Waals surface area contributed by atoms with Gasteiger partial charge in [0.1, 0.15) is 5.75 Å². The van der Waals surface area contributed by atoms with Crippen LogP contribution in [0.1, 0.15) is 37.4 Å². The molecule has 2 rings (SSSR count). The Labute approximate surface area is 133 Å². The first kappa shape index (κ1) is 15.5. The predicted octanol–water partition coefficient (Wildman–Crippen LogP) is 4.89. The van der Waals surface area contributed by atoms with Gasteiger partial charge in [0.2, 0.25) is 0 Å². The second-order valence-electron chi connectivity index (χ2n) is 5.07. The molecule has 1 aromatic heterocycles. The Morgan fingerprint density at radius 3 is 2.80 bits per heavy atom. The zero-order valence-electron chi connectivity index (χ0n) is 11.8. The molecule has 0 fully saturated rings. The second kappa shape index (κ2) is 7.25. The van der Waals surface area contributed by atoms with Gasteiger partial charge in [-0.15, -0.1) is 0 Å². The summed E-state index contributed by atoms with van der Waals surface area (Å²) in [6, 6.07) is 8.30. The smallest absolute Gasteiger partial charge is 0.120 e. The van der Waals surface area contributed by atoms with Crippen molar-refractivity contribution in [2.45, 2.75) is 38.8 Å². The number of nitrogens with one attached hydrogen (secondary N) is 1. The highest BCUT2D eigenvalue weighted by Gasteiger charge is 2.16. The van der Waals surface area contributed by atoms with Gasteiger partial charge in [0.15, 0.2) is 0 Å². The fourth-order valence-electron chi connectivity index (χ4n) is 2.40. The van der Waals surface area contributed by atoms with Crippen LogP contribution >= 0.6 is 27.3 Å². The highest BCUT2D eigenvalue weighted by atomic mass is 79.9. The summed E-state index contributed by atoms with van der Waals surface area (Å²) < 4.78 is 0.996. The first-order valence-corrected chi connectivity index (χ1v) is 8.59. The molecule has 2 aromatic rings. The molecule has 2 unspecified atom stereocenters. The van der Waals surface area contributed by atoms with E-state index in [0.29, 0.717) is 11.8 Å². The SMILES string of the molecule is CCC(NC(C)Cc1ccsc1)c1cc(Br)ccc1O. The van der Waals surface area contributed by atoms with Crippen molar-refractivity contribution in [2.24, 2.45) is 0 Å². The molecule has 1 aromatic carbocycles. The van der Waals surface area contributed by atoms with E-state index in [1.165, 1.54) is 5.56 Å². The molecular formula is C16H20BrNOS. The van der Waals surface area contributed by atoms with E-state index in [9.17, 15) is 5.11 Å². The third-order valence-electron chi connectivity index (χ3n) is 3.38. The minimum Gasteiger partial charge on any atom is -0.508 e. The van der Waals surface area contributed by atoms with Gasteiger partial charge in [-0.2, -0.15) is 11.3 Å². The van der Waals surface area contributed by atoms with Crippen LogP contribution in [0.5, 0.6) is 5.75 Å². The van der Waals surface area contributed by atoms with E-state index < -0.39 is 0 Å². The largest absolute Gasteiger partial charge is 0.508 e. The number of hydrogen-bond donors (Lipinski definition) is 2. The summed E-state index contributed by atoms with van der Waals surface area (Å²) >= 11 is 5.20. The van der Waals surface area contributed by atoms with Gasteiger partial charge < -0.3 is 10.4 Å².